The average molecular weight is 398 g/mol. The van der Waals surface area contributed by atoms with Gasteiger partial charge in [-0.2, -0.15) is 0 Å². The van der Waals surface area contributed by atoms with Crippen LogP contribution in [0.3, 0.4) is 0 Å². The van der Waals surface area contributed by atoms with Crippen molar-refractivity contribution in [2.24, 2.45) is 0 Å². The summed E-state index contributed by atoms with van der Waals surface area (Å²) in [6, 6.07) is 16.6. The quantitative estimate of drug-likeness (QED) is 0.443. The molecule has 0 spiro atoms. The molecule has 0 N–H and O–H groups in total. The van der Waals surface area contributed by atoms with E-state index < -0.39 is 11.3 Å². The van der Waals surface area contributed by atoms with Gasteiger partial charge in [0.1, 0.15) is 11.3 Å². The highest BCUT2D eigenvalue weighted by molar-refractivity contribution is 5.46. The summed E-state index contributed by atoms with van der Waals surface area (Å²) in [6.45, 7) is 6.45. The van der Waals surface area contributed by atoms with Crippen LogP contribution in [0.15, 0.2) is 48.5 Å². The molecule has 0 amide bonds. The second-order valence-corrected chi connectivity index (χ2v) is 9.01. The van der Waals surface area contributed by atoms with Gasteiger partial charge >= 0.3 is 0 Å². The smallest absolute Gasteiger partial charge is 0.136 e. The van der Waals surface area contributed by atoms with Gasteiger partial charge in [0, 0.05) is 12.6 Å². The van der Waals surface area contributed by atoms with Crippen LogP contribution in [0.1, 0.15) is 68.2 Å². The lowest BCUT2D eigenvalue weighted by molar-refractivity contribution is 0.211. The number of hydrogen-bond donors (Lipinski definition) is 0. The molecule has 1 nitrogen and oxygen atoms in total. The zero-order valence-corrected chi connectivity index (χ0v) is 17.8. The lowest BCUT2D eigenvalue weighted by atomic mass is 9.89. The van der Waals surface area contributed by atoms with Crippen LogP contribution in [0.4, 0.5) is 8.78 Å². The van der Waals surface area contributed by atoms with Crippen molar-refractivity contribution in [1.82, 2.24) is 4.90 Å². The van der Waals surface area contributed by atoms with Gasteiger partial charge in [0.25, 0.3) is 0 Å². The van der Waals surface area contributed by atoms with Crippen molar-refractivity contribution in [2.75, 3.05) is 13.1 Å². The predicted octanol–water partition coefficient (Wildman–Crippen LogP) is 6.49. The van der Waals surface area contributed by atoms with Crippen LogP contribution in [0, 0.1) is 0 Å². The van der Waals surface area contributed by atoms with Crippen LogP contribution in [-0.2, 0) is 24.2 Å². The van der Waals surface area contributed by atoms with Gasteiger partial charge in [-0.3, -0.25) is 0 Å². The molecule has 0 saturated heterocycles. The monoisotopic (exact) mass is 397 g/mol. The maximum Gasteiger partial charge on any atom is 0.136 e. The number of likely N-dealkylation sites (N-methyl/N-ethyl adjacent to an activating group) is 1. The van der Waals surface area contributed by atoms with Gasteiger partial charge in [-0.1, -0.05) is 55.5 Å². The Labute approximate surface area is 174 Å². The zero-order chi connectivity index (χ0) is 20.5. The van der Waals surface area contributed by atoms with E-state index in [2.05, 4.69) is 43.0 Å². The molecule has 0 bridgehead atoms. The summed E-state index contributed by atoms with van der Waals surface area (Å²) in [4.78, 5) is 2.49. The highest BCUT2D eigenvalue weighted by Crippen LogP contribution is 2.55. The normalized spacial score (nSPS) is 19.9. The first kappa shape index (κ1) is 20.5. The third kappa shape index (κ3) is 4.55. The molecule has 1 atom stereocenters. The van der Waals surface area contributed by atoms with E-state index in [4.69, 9.17) is 0 Å². The second kappa shape index (κ2) is 8.18. The molecule has 2 aromatic rings. The summed E-state index contributed by atoms with van der Waals surface area (Å²) in [5, 5.41) is 0. The Bertz CT molecular complexity index is 788. The van der Waals surface area contributed by atoms with Crippen LogP contribution in [0.5, 0.6) is 0 Å². The third-order valence-electron chi connectivity index (χ3n) is 6.89. The standard InChI is InChI=1S/C26H33F2N/c1-3-29(19-14-21-8-5-4-6-9-21)20(2)12-13-22-23(25(27)15-16-25)10-7-11-24(22)26(28)17-18-26/h4-11,20H,3,12-19H2,1-2H3. The first-order valence-corrected chi connectivity index (χ1v) is 11.2. The lowest BCUT2D eigenvalue weighted by Crippen LogP contribution is -2.35. The number of nitrogens with zero attached hydrogens (tertiary/aromatic N) is 1. The van der Waals surface area contributed by atoms with Gasteiger partial charge < -0.3 is 4.90 Å². The molecule has 1 unspecified atom stereocenters. The largest absolute Gasteiger partial charge is 0.301 e. The summed E-state index contributed by atoms with van der Waals surface area (Å²) in [7, 11) is 0. The van der Waals surface area contributed by atoms with E-state index in [-0.39, 0.29) is 0 Å². The van der Waals surface area contributed by atoms with E-state index in [0.29, 0.717) is 31.7 Å². The molecule has 2 fully saturated rings. The van der Waals surface area contributed by atoms with Gasteiger partial charge in [0.05, 0.1) is 0 Å². The Morgan fingerprint density at radius 2 is 1.45 bits per heavy atom. The Kier molecular flexibility index (Phi) is 5.79. The van der Waals surface area contributed by atoms with Crippen molar-refractivity contribution < 1.29 is 8.78 Å². The molecule has 0 aromatic heterocycles. The van der Waals surface area contributed by atoms with E-state index in [9.17, 15) is 0 Å². The molecular weight excluding hydrogens is 364 g/mol. The van der Waals surface area contributed by atoms with E-state index >= 15 is 8.78 Å². The van der Waals surface area contributed by atoms with Crippen LogP contribution in [0.25, 0.3) is 0 Å². The molecule has 2 aliphatic carbocycles. The van der Waals surface area contributed by atoms with Crippen LogP contribution in [0.2, 0.25) is 0 Å². The summed E-state index contributed by atoms with van der Waals surface area (Å²) in [5.41, 5.74) is 1.41. The zero-order valence-electron chi connectivity index (χ0n) is 17.8. The molecule has 0 aliphatic heterocycles. The Morgan fingerprint density at radius 3 is 1.97 bits per heavy atom. The molecule has 29 heavy (non-hydrogen) atoms. The molecule has 2 saturated carbocycles. The first-order valence-electron chi connectivity index (χ1n) is 11.2. The average Bonchev–Trinajstić information content (AvgIpc) is 3.66. The minimum atomic E-state index is -1.21. The third-order valence-corrected chi connectivity index (χ3v) is 6.89. The minimum absolute atomic E-state index is 0.383. The number of alkyl halides is 2. The first-order chi connectivity index (χ1) is 14.0. The SMILES string of the molecule is CCN(CCc1ccccc1)C(C)CCc1c(C2(F)CC2)cccc1C1(F)CC1. The molecular formula is C26H33F2N. The van der Waals surface area contributed by atoms with Crippen molar-refractivity contribution >= 4 is 0 Å². The van der Waals surface area contributed by atoms with E-state index in [1.165, 1.54) is 5.56 Å². The van der Waals surface area contributed by atoms with Crippen LogP contribution >= 0.6 is 0 Å². The minimum Gasteiger partial charge on any atom is -0.301 e. The highest BCUT2D eigenvalue weighted by atomic mass is 19.1. The summed E-state index contributed by atoms with van der Waals surface area (Å²) in [6.07, 6.45) is 5.03. The maximum absolute atomic E-state index is 15.0. The van der Waals surface area contributed by atoms with E-state index in [1.54, 1.807) is 0 Å². The Morgan fingerprint density at radius 1 is 0.862 bits per heavy atom. The molecule has 2 aromatic carbocycles. The van der Waals surface area contributed by atoms with Crippen molar-refractivity contribution in [1.29, 1.82) is 0 Å². The lowest BCUT2D eigenvalue weighted by Gasteiger charge is -2.29. The fraction of sp³-hybridized carbons (Fsp3) is 0.538. The number of hydrogen-bond acceptors (Lipinski definition) is 1. The highest BCUT2D eigenvalue weighted by Gasteiger charge is 2.50. The Hall–Kier alpha value is -1.74. The van der Waals surface area contributed by atoms with Gasteiger partial charge in [-0.25, -0.2) is 8.78 Å². The molecule has 0 radical (unpaired) electrons. The molecule has 0 heterocycles. The molecule has 156 valence electrons. The van der Waals surface area contributed by atoms with Crippen LogP contribution in [-0.4, -0.2) is 24.0 Å². The van der Waals surface area contributed by atoms with Gasteiger partial charge in [-0.15, -0.1) is 0 Å². The number of halogens is 2. The second-order valence-electron chi connectivity index (χ2n) is 9.01. The van der Waals surface area contributed by atoms with Crippen molar-refractivity contribution in [3.8, 4) is 0 Å². The summed E-state index contributed by atoms with van der Waals surface area (Å²) >= 11 is 0. The number of benzene rings is 2. The van der Waals surface area contributed by atoms with Gasteiger partial charge in [-0.05, 0) is 80.7 Å². The van der Waals surface area contributed by atoms with Crippen molar-refractivity contribution in [3.05, 3.63) is 70.8 Å². The molecule has 4 rings (SSSR count). The van der Waals surface area contributed by atoms with Gasteiger partial charge in [0.15, 0.2) is 0 Å². The topological polar surface area (TPSA) is 3.24 Å². The van der Waals surface area contributed by atoms with Gasteiger partial charge in [0.2, 0.25) is 0 Å². The fourth-order valence-electron chi connectivity index (χ4n) is 4.60. The number of rotatable bonds is 10. The van der Waals surface area contributed by atoms with E-state index in [1.807, 2.05) is 24.3 Å². The van der Waals surface area contributed by atoms with Crippen molar-refractivity contribution in [3.63, 3.8) is 0 Å². The summed E-state index contributed by atoms with van der Waals surface area (Å²) < 4.78 is 30.0. The van der Waals surface area contributed by atoms with Crippen LogP contribution < -0.4 is 0 Å². The van der Waals surface area contributed by atoms with E-state index in [0.717, 1.165) is 49.0 Å². The molecule has 2 aliphatic rings. The maximum atomic E-state index is 15.0. The predicted molar refractivity (Wildman–Crippen MR) is 116 cm³/mol. The Balaban J connectivity index is 1.45. The summed E-state index contributed by atoms with van der Waals surface area (Å²) in [5.74, 6) is 0. The molecule has 3 heteroatoms. The van der Waals surface area contributed by atoms with Crippen molar-refractivity contribution in [2.45, 2.75) is 76.2 Å². The fourth-order valence-corrected chi connectivity index (χ4v) is 4.60.